The third kappa shape index (κ3) is 6.58. The number of ether oxygens (including phenoxy) is 1. The number of rotatable bonds is 9. The highest BCUT2D eigenvalue weighted by Crippen LogP contribution is 2.37. The minimum atomic E-state index is -0.186. The van der Waals surface area contributed by atoms with E-state index in [0.29, 0.717) is 18.7 Å². The quantitative estimate of drug-likeness (QED) is 0.421. The molecule has 2 aromatic heterocycles. The van der Waals surface area contributed by atoms with Gasteiger partial charge in [-0.05, 0) is 73.9 Å². The Bertz CT molecular complexity index is 1160. The molecule has 7 nitrogen and oxygen atoms in total. The smallest absolute Gasteiger partial charge is 0.409 e. The number of amides is 1. The van der Waals surface area contributed by atoms with Crippen LogP contribution >= 0.6 is 0 Å². The lowest BCUT2D eigenvalue weighted by Gasteiger charge is -2.43. The Kier molecular flexibility index (Phi) is 8.99. The molecule has 1 fully saturated rings. The van der Waals surface area contributed by atoms with Gasteiger partial charge in [-0.15, -0.1) is 0 Å². The summed E-state index contributed by atoms with van der Waals surface area (Å²) in [4.78, 5) is 26.1. The number of carbonyl (C=O) groups is 1. The molecule has 2 aliphatic rings. The lowest BCUT2D eigenvalue weighted by molar-refractivity contribution is 0.0475. The molecule has 0 spiro atoms. The fourth-order valence-electron chi connectivity index (χ4n) is 5.81. The monoisotopic (exact) mass is 513 g/mol. The fraction of sp³-hybridized carbons (Fsp3) is 0.452. The Morgan fingerprint density at radius 2 is 1.76 bits per heavy atom. The first-order valence-electron chi connectivity index (χ1n) is 14.0. The standard InChI is InChI=1S/C31H39N5O2/c1-2-38-31(37)35-19-15-28(16-20-35)36(29-10-5-7-26-8-6-18-34-30(26)29)23-25-13-11-24(12-14-25)21-32-22-27-9-3-4-17-33-27/h3-4,6,8-9,11-14,17-18,28-29,32H,2,5,7,10,15-16,19-23H2,1H3. The zero-order valence-corrected chi connectivity index (χ0v) is 22.4. The van der Waals surface area contributed by atoms with Crippen molar-refractivity contribution in [1.82, 2.24) is 25.1 Å². The predicted octanol–water partition coefficient (Wildman–Crippen LogP) is 5.27. The van der Waals surface area contributed by atoms with E-state index in [1.807, 2.05) is 42.4 Å². The molecule has 7 heteroatoms. The SMILES string of the molecule is CCOC(=O)N1CCC(N(Cc2ccc(CNCc3ccccn3)cc2)C2CCCc3cccnc32)CC1. The number of aromatic nitrogens is 2. The molecule has 1 aliphatic heterocycles. The number of fused-ring (bicyclic) bond motifs is 1. The van der Waals surface area contributed by atoms with E-state index in [-0.39, 0.29) is 6.09 Å². The number of nitrogens with one attached hydrogen (secondary N) is 1. The van der Waals surface area contributed by atoms with Gasteiger partial charge in [0.2, 0.25) is 0 Å². The van der Waals surface area contributed by atoms with Gasteiger partial charge in [0.25, 0.3) is 0 Å². The lowest BCUT2D eigenvalue weighted by Crippen LogP contribution is -2.48. The fourth-order valence-corrected chi connectivity index (χ4v) is 5.81. The molecule has 1 saturated heterocycles. The molecule has 1 atom stereocenters. The van der Waals surface area contributed by atoms with Crippen LogP contribution in [-0.4, -0.2) is 51.6 Å². The van der Waals surface area contributed by atoms with Crippen molar-refractivity contribution >= 4 is 6.09 Å². The molecule has 0 saturated carbocycles. The maximum Gasteiger partial charge on any atom is 0.409 e. The summed E-state index contributed by atoms with van der Waals surface area (Å²) in [5, 5.41) is 3.49. The molecule has 200 valence electrons. The number of benzene rings is 1. The number of hydrogen-bond acceptors (Lipinski definition) is 6. The van der Waals surface area contributed by atoms with Crippen molar-refractivity contribution in [2.24, 2.45) is 0 Å². The number of likely N-dealkylation sites (tertiary alicyclic amines) is 1. The summed E-state index contributed by atoms with van der Waals surface area (Å²) in [7, 11) is 0. The van der Waals surface area contributed by atoms with E-state index in [1.54, 1.807) is 0 Å². The van der Waals surface area contributed by atoms with Crippen molar-refractivity contribution < 1.29 is 9.53 Å². The molecular formula is C31H39N5O2. The summed E-state index contributed by atoms with van der Waals surface area (Å²) in [6.45, 7) is 6.21. The molecule has 38 heavy (non-hydrogen) atoms. The summed E-state index contributed by atoms with van der Waals surface area (Å²) in [5.41, 5.74) is 6.25. The normalized spacial score (nSPS) is 17.8. The Labute approximate surface area is 226 Å². The van der Waals surface area contributed by atoms with Crippen LogP contribution in [0.25, 0.3) is 0 Å². The van der Waals surface area contributed by atoms with E-state index in [4.69, 9.17) is 9.72 Å². The minimum absolute atomic E-state index is 0.186. The first-order chi connectivity index (χ1) is 18.7. The number of hydrogen-bond donors (Lipinski definition) is 1. The van der Waals surface area contributed by atoms with Gasteiger partial charge in [0.1, 0.15) is 0 Å². The summed E-state index contributed by atoms with van der Waals surface area (Å²) in [6, 6.07) is 20.0. The van der Waals surface area contributed by atoms with Crippen LogP contribution in [0.5, 0.6) is 0 Å². The van der Waals surface area contributed by atoms with Crippen molar-refractivity contribution in [2.75, 3.05) is 19.7 Å². The van der Waals surface area contributed by atoms with Crippen LogP contribution in [0.1, 0.15) is 66.7 Å². The highest BCUT2D eigenvalue weighted by atomic mass is 16.6. The summed E-state index contributed by atoms with van der Waals surface area (Å²) in [5.74, 6) is 0. The zero-order chi connectivity index (χ0) is 26.2. The molecule has 3 heterocycles. The second kappa shape index (κ2) is 13.0. The third-order valence-electron chi connectivity index (χ3n) is 7.77. The van der Waals surface area contributed by atoms with Crippen LogP contribution in [0.15, 0.2) is 67.0 Å². The van der Waals surface area contributed by atoms with E-state index in [1.165, 1.54) is 28.8 Å². The maximum absolute atomic E-state index is 12.3. The van der Waals surface area contributed by atoms with Gasteiger partial charge in [0.05, 0.1) is 24.0 Å². The Morgan fingerprint density at radius 1 is 0.974 bits per heavy atom. The molecule has 5 rings (SSSR count). The number of aryl methyl sites for hydroxylation is 1. The van der Waals surface area contributed by atoms with Gasteiger partial charge in [0.15, 0.2) is 0 Å². The molecule has 1 amide bonds. The lowest BCUT2D eigenvalue weighted by atomic mass is 9.88. The average molecular weight is 514 g/mol. The summed E-state index contributed by atoms with van der Waals surface area (Å²) < 4.78 is 5.25. The van der Waals surface area contributed by atoms with Crippen molar-refractivity contribution in [3.05, 3.63) is 95.1 Å². The highest BCUT2D eigenvalue weighted by Gasteiger charge is 2.34. The van der Waals surface area contributed by atoms with Crippen molar-refractivity contribution in [2.45, 2.75) is 70.7 Å². The first-order valence-corrected chi connectivity index (χ1v) is 14.0. The zero-order valence-electron chi connectivity index (χ0n) is 22.4. The number of carbonyl (C=O) groups excluding carboxylic acids is 1. The first kappa shape index (κ1) is 26.3. The minimum Gasteiger partial charge on any atom is -0.450 e. The Hall–Kier alpha value is -3.29. The summed E-state index contributed by atoms with van der Waals surface area (Å²) >= 11 is 0. The van der Waals surface area contributed by atoms with Gasteiger partial charge in [-0.3, -0.25) is 14.9 Å². The Morgan fingerprint density at radius 3 is 2.53 bits per heavy atom. The van der Waals surface area contributed by atoms with Crippen LogP contribution < -0.4 is 5.32 Å². The molecule has 0 bridgehead atoms. The van der Waals surface area contributed by atoms with Gasteiger partial charge in [-0.2, -0.15) is 0 Å². The predicted molar refractivity (Wildman–Crippen MR) is 148 cm³/mol. The van der Waals surface area contributed by atoms with E-state index in [9.17, 15) is 4.79 Å². The van der Waals surface area contributed by atoms with Crippen molar-refractivity contribution in [3.63, 3.8) is 0 Å². The van der Waals surface area contributed by atoms with E-state index >= 15 is 0 Å². The molecule has 0 radical (unpaired) electrons. The van der Waals surface area contributed by atoms with Gasteiger partial charge in [-0.25, -0.2) is 4.79 Å². The summed E-state index contributed by atoms with van der Waals surface area (Å²) in [6.07, 6.45) is 8.90. The van der Waals surface area contributed by atoms with Crippen LogP contribution in [0.3, 0.4) is 0 Å². The van der Waals surface area contributed by atoms with Gasteiger partial charge in [-0.1, -0.05) is 36.4 Å². The number of nitrogens with zero attached hydrogens (tertiary/aromatic N) is 4. The van der Waals surface area contributed by atoms with E-state index in [2.05, 4.69) is 51.6 Å². The Balaban J connectivity index is 1.27. The third-order valence-corrected chi connectivity index (χ3v) is 7.77. The van der Waals surface area contributed by atoms with Crippen LogP contribution in [-0.2, 0) is 30.8 Å². The van der Waals surface area contributed by atoms with E-state index in [0.717, 1.165) is 64.1 Å². The van der Waals surface area contributed by atoms with E-state index < -0.39 is 0 Å². The van der Waals surface area contributed by atoms with Crippen LogP contribution in [0.2, 0.25) is 0 Å². The van der Waals surface area contributed by atoms with Gasteiger partial charge in [0, 0.05) is 51.2 Å². The molecular weight excluding hydrogens is 474 g/mol. The number of pyridine rings is 2. The number of piperidine rings is 1. The maximum atomic E-state index is 12.3. The topological polar surface area (TPSA) is 70.6 Å². The largest absolute Gasteiger partial charge is 0.450 e. The molecule has 1 unspecified atom stereocenters. The van der Waals surface area contributed by atoms with Crippen LogP contribution in [0, 0.1) is 0 Å². The van der Waals surface area contributed by atoms with Gasteiger partial charge < -0.3 is 15.0 Å². The molecule has 1 N–H and O–H groups in total. The molecule has 1 aromatic carbocycles. The van der Waals surface area contributed by atoms with Crippen molar-refractivity contribution in [3.8, 4) is 0 Å². The van der Waals surface area contributed by atoms with Gasteiger partial charge >= 0.3 is 6.09 Å². The second-order valence-corrected chi connectivity index (χ2v) is 10.3. The molecule has 3 aromatic rings. The average Bonchev–Trinajstić information content (AvgIpc) is 2.97. The highest BCUT2D eigenvalue weighted by molar-refractivity contribution is 5.67. The molecule has 1 aliphatic carbocycles. The van der Waals surface area contributed by atoms with Crippen molar-refractivity contribution in [1.29, 1.82) is 0 Å². The van der Waals surface area contributed by atoms with Crippen LogP contribution in [0.4, 0.5) is 4.79 Å². The second-order valence-electron chi connectivity index (χ2n) is 10.3.